The fourth-order valence-corrected chi connectivity index (χ4v) is 10.5. The molecule has 0 saturated carbocycles. The molecule has 4 atom stereocenters. The van der Waals surface area contributed by atoms with Crippen molar-refractivity contribution >= 4 is 55.2 Å². The van der Waals surface area contributed by atoms with Gasteiger partial charge in [-0.25, -0.2) is 0 Å². The molecule has 0 amide bonds. The zero-order valence-electron chi connectivity index (χ0n) is 34.5. The number of fused-ring (bicyclic) bond motifs is 10. The molecule has 2 heteroatoms. The number of aromatic nitrogens is 1. The Balaban J connectivity index is 0.938. The summed E-state index contributed by atoms with van der Waals surface area (Å²) in [6, 6.07) is 46.6. The largest absolute Gasteiger partial charge is 0.355 e. The molecule has 7 aromatic rings. The average Bonchev–Trinajstić information content (AvgIpc) is 3.65. The number of benzene rings is 6. The van der Waals surface area contributed by atoms with E-state index in [0.717, 1.165) is 40.9 Å². The molecular formula is C59H48N2. The fraction of sp³-hybridized carbons (Fsp3) is 0.119. The van der Waals surface area contributed by atoms with Crippen molar-refractivity contribution in [3.8, 4) is 11.1 Å². The Morgan fingerprint density at radius 1 is 0.639 bits per heavy atom. The predicted molar refractivity (Wildman–Crippen MR) is 261 cm³/mol. The molecule has 294 valence electrons. The fourth-order valence-electron chi connectivity index (χ4n) is 10.5. The summed E-state index contributed by atoms with van der Waals surface area (Å²) in [5.74, 6) is 1.81. The van der Waals surface area contributed by atoms with Gasteiger partial charge >= 0.3 is 0 Å². The van der Waals surface area contributed by atoms with Crippen LogP contribution in [0.4, 0.5) is 11.4 Å². The van der Waals surface area contributed by atoms with Crippen molar-refractivity contribution < 1.29 is 0 Å². The first-order chi connectivity index (χ1) is 30.1. The van der Waals surface area contributed by atoms with Gasteiger partial charge in [-0.1, -0.05) is 170 Å². The summed E-state index contributed by atoms with van der Waals surface area (Å²) in [4.78, 5) is 0. The Hall–Kier alpha value is -7.16. The average molecular weight is 785 g/mol. The van der Waals surface area contributed by atoms with Crippen LogP contribution < -0.4 is 5.32 Å². The maximum Gasteiger partial charge on any atom is 0.0538 e. The van der Waals surface area contributed by atoms with Crippen molar-refractivity contribution in [3.63, 3.8) is 0 Å². The monoisotopic (exact) mass is 784 g/mol. The van der Waals surface area contributed by atoms with Gasteiger partial charge in [0.1, 0.15) is 0 Å². The summed E-state index contributed by atoms with van der Waals surface area (Å²) < 4.78 is 2.50. The van der Waals surface area contributed by atoms with E-state index in [9.17, 15) is 0 Å². The van der Waals surface area contributed by atoms with Crippen LogP contribution in [0.2, 0.25) is 0 Å². The summed E-state index contributed by atoms with van der Waals surface area (Å²) in [6.07, 6.45) is 31.8. The van der Waals surface area contributed by atoms with Crippen molar-refractivity contribution in [1.82, 2.24) is 4.57 Å². The van der Waals surface area contributed by atoms with Crippen molar-refractivity contribution in [2.45, 2.75) is 31.6 Å². The molecule has 4 aliphatic rings. The van der Waals surface area contributed by atoms with Gasteiger partial charge in [0.25, 0.3) is 0 Å². The second-order valence-electron chi connectivity index (χ2n) is 16.8. The van der Waals surface area contributed by atoms with Crippen LogP contribution in [-0.4, -0.2) is 4.57 Å². The maximum atomic E-state index is 4.53. The summed E-state index contributed by atoms with van der Waals surface area (Å²) in [5, 5.41) is 8.71. The molecule has 6 aromatic carbocycles. The molecule has 0 spiro atoms. The first-order valence-corrected chi connectivity index (χ1v) is 21.8. The minimum Gasteiger partial charge on any atom is -0.355 e. The third-order valence-electron chi connectivity index (χ3n) is 13.4. The number of para-hydroxylation sites is 1. The molecule has 0 saturated heterocycles. The van der Waals surface area contributed by atoms with Gasteiger partial charge in [-0.2, -0.15) is 0 Å². The van der Waals surface area contributed by atoms with Crippen molar-refractivity contribution in [3.05, 3.63) is 241 Å². The van der Waals surface area contributed by atoms with E-state index < -0.39 is 0 Å². The third-order valence-corrected chi connectivity index (χ3v) is 13.4. The molecule has 0 fully saturated rings. The highest BCUT2D eigenvalue weighted by atomic mass is 15.0. The first-order valence-electron chi connectivity index (χ1n) is 21.8. The summed E-state index contributed by atoms with van der Waals surface area (Å²) >= 11 is 0. The van der Waals surface area contributed by atoms with Crippen LogP contribution in [0.1, 0.15) is 48.3 Å². The molecule has 0 radical (unpaired) electrons. The number of nitrogens with zero attached hydrogens (tertiary/aromatic N) is 1. The van der Waals surface area contributed by atoms with E-state index in [1.54, 1.807) is 0 Å². The van der Waals surface area contributed by atoms with Crippen LogP contribution in [0, 0.1) is 11.8 Å². The van der Waals surface area contributed by atoms with E-state index in [2.05, 4.69) is 211 Å². The van der Waals surface area contributed by atoms with Crippen LogP contribution in [0.15, 0.2) is 224 Å². The molecule has 61 heavy (non-hydrogen) atoms. The van der Waals surface area contributed by atoms with Gasteiger partial charge in [-0.3, -0.25) is 0 Å². The van der Waals surface area contributed by atoms with Crippen molar-refractivity contribution in [2.75, 3.05) is 5.32 Å². The predicted octanol–water partition coefficient (Wildman–Crippen LogP) is 15.8. The number of rotatable bonds is 8. The van der Waals surface area contributed by atoms with E-state index in [1.165, 1.54) is 66.1 Å². The highest BCUT2D eigenvalue weighted by Gasteiger charge is 2.40. The van der Waals surface area contributed by atoms with E-state index in [0.29, 0.717) is 23.7 Å². The lowest BCUT2D eigenvalue weighted by molar-refractivity contribution is 0.369. The van der Waals surface area contributed by atoms with Crippen LogP contribution in [-0.2, 0) is 0 Å². The van der Waals surface area contributed by atoms with Gasteiger partial charge in [0.2, 0.25) is 0 Å². The Bertz CT molecular complexity index is 3160. The Kier molecular flexibility index (Phi) is 9.35. The third kappa shape index (κ3) is 6.51. The first kappa shape index (κ1) is 36.9. The van der Waals surface area contributed by atoms with Gasteiger partial charge in [0.15, 0.2) is 0 Å². The minimum absolute atomic E-state index is 0.422. The Labute approximate surface area is 359 Å². The van der Waals surface area contributed by atoms with Crippen LogP contribution >= 0.6 is 0 Å². The lowest BCUT2D eigenvalue weighted by Crippen LogP contribution is -2.32. The molecule has 4 aliphatic carbocycles. The van der Waals surface area contributed by atoms with Crippen LogP contribution in [0.25, 0.3) is 55.0 Å². The lowest BCUT2D eigenvalue weighted by atomic mass is 9.61. The Morgan fingerprint density at radius 3 is 2.23 bits per heavy atom. The zero-order valence-corrected chi connectivity index (χ0v) is 34.5. The standard InChI is InChI=1S/C59H48N2/c1-3-4-5-15-39(2)53-36-43(29-34-57(53)60-56-24-14-17-41-16-6-7-18-46(41)56)44-30-35-59-55(38-44)52-23-12-13-25-58(52)61(59)45-31-26-40(27-32-45)42-28-33-51-49-21-9-8-19-47(49)48-20-10-11-22-50(48)54(51)37-42/h3-26,28-31,33-38,48,50-51,54,60H,2,27,32H2,1H3/b4-3-,15-5-. The molecule has 1 heterocycles. The summed E-state index contributed by atoms with van der Waals surface area (Å²) in [5.41, 5.74) is 16.1. The number of allylic oxidation sites excluding steroid dienone is 17. The highest BCUT2D eigenvalue weighted by molar-refractivity contribution is 6.11. The lowest BCUT2D eigenvalue weighted by Gasteiger charge is -2.43. The van der Waals surface area contributed by atoms with E-state index in [4.69, 9.17) is 0 Å². The summed E-state index contributed by atoms with van der Waals surface area (Å²) in [7, 11) is 0. The van der Waals surface area contributed by atoms with Gasteiger partial charge in [0, 0.05) is 50.6 Å². The van der Waals surface area contributed by atoms with Gasteiger partial charge < -0.3 is 9.88 Å². The number of nitrogens with one attached hydrogen (secondary N) is 1. The van der Waals surface area contributed by atoms with Gasteiger partial charge in [-0.15, -0.1) is 0 Å². The topological polar surface area (TPSA) is 17.0 Å². The second-order valence-corrected chi connectivity index (χ2v) is 16.8. The van der Waals surface area contributed by atoms with Crippen LogP contribution in [0.5, 0.6) is 0 Å². The van der Waals surface area contributed by atoms with E-state index in [-0.39, 0.29) is 0 Å². The van der Waals surface area contributed by atoms with E-state index >= 15 is 0 Å². The molecule has 0 aliphatic heterocycles. The summed E-state index contributed by atoms with van der Waals surface area (Å²) in [6.45, 7) is 6.56. The highest BCUT2D eigenvalue weighted by Crippen LogP contribution is 2.52. The number of hydrogen-bond acceptors (Lipinski definition) is 1. The SMILES string of the molecule is C=C(/C=C\C=C/C)c1cc(-c2ccc3c(c2)c2ccccc2n3C2=CC=C(C3=CC4C(C=C3)c3ccccc3C3C=CC=CC34)CC2)ccc1Nc1cccc2ccccc12. The minimum atomic E-state index is 0.422. The molecule has 0 bridgehead atoms. The zero-order chi connectivity index (χ0) is 40.9. The molecule has 4 unspecified atom stereocenters. The quantitative estimate of drug-likeness (QED) is 0.152. The normalized spacial score (nSPS) is 20.4. The van der Waals surface area contributed by atoms with Gasteiger partial charge in [0.05, 0.1) is 11.0 Å². The van der Waals surface area contributed by atoms with Crippen molar-refractivity contribution in [1.29, 1.82) is 0 Å². The molecule has 11 rings (SSSR count). The van der Waals surface area contributed by atoms with Crippen molar-refractivity contribution in [2.24, 2.45) is 11.8 Å². The molecular weight excluding hydrogens is 737 g/mol. The molecule has 1 aromatic heterocycles. The van der Waals surface area contributed by atoms with Gasteiger partial charge in [-0.05, 0) is 118 Å². The second kappa shape index (κ2) is 15.5. The smallest absolute Gasteiger partial charge is 0.0538 e. The number of hydrogen-bond donors (Lipinski definition) is 1. The van der Waals surface area contributed by atoms with Crippen LogP contribution in [0.3, 0.4) is 0 Å². The molecule has 2 nitrogen and oxygen atoms in total. The number of anilines is 2. The maximum absolute atomic E-state index is 4.53. The molecule has 1 N–H and O–H groups in total. The Morgan fingerprint density at radius 2 is 1.38 bits per heavy atom. The van der Waals surface area contributed by atoms with E-state index in [1.807, 2.05) is 19.1 Å².